The Morgan fingerprint density at radius 1 is 1.19 bits per heavy atom. The summed E-state index contributed by atoms with van der Waals surface area (Å²) in [5, 5.41) is 3.44. The standard InChI is InChI=1S/C24H40N6O.HI/c1-4-26-24(30-11-6-8-21(18-30)17-23(25)31)27-10-12-28-13-15-29(16-14-28)22-9-5-7-19(2)20(22)3;/h5,7,9,21H,4,6,8,10-18H2,1-3H3,(H2,25,31)(H,26,27);1H. The van der Waals surface area contributed by atoms with E-state index in [2.05, 4.69) is 59.0 Å². The van der Waals surface area contributed by atoms with E-state index in [0.29, 0.717) is 12.3 Å². The number of carbonyl (C=O) groups excluding carboxylic acids is 1. The second-order valence-electron chi connectivity index (χ2n) is 8.91. The van der Waals surface area contributed by atoms with Crippen LogP contribution in [0.3, 0.4) is 0 Å². The molecule has 0 radical (unpaired) electrons. The minimum atomic E-state index is -0.200. The van der Waals surface area contributed by atoms with Gasteiger partial charge in [-0.1, -0.05) is 12.1 Å². The Labute approximate surface area is 210 Å². The number of carbonyl (C=O) groups is 1. The van der Waals surface area contributed by atoms with Crippen LogP contribution in [0.1, 0.15) is 37.3 Å². The summed E-state index contributed by atoms with van der Waals surface area (Å²) >= 11 is 0. The number of benzene rings is 1. The topological polar surface area (TPSA) is 77.2 Å². The fourth-order valence-electron chi connectivity index (χ4n) is 4.72. The summed E-state index contributed by atoms with van der Waals surface area (Å²) in [5.41, 5.74) is 9.55. The van der Waals surface area contributed by atoms with E-state index in [1.165, 1.54) is 16.8 Å². The molecule has 0 bridgehead atoms. The van der Waals surface area contributed by atoms with E-state index in [0.717, 1.165) is 77.7 Å². The molecule has 0 aliphatic carbocycles. The van der Waals surface area contributed by atoms with E-state index in [-0.39, 0.29) is 29.9 Å². The van der Waals surface area contributed by atoms with Gasteiger partial charge in [-0.05, 0) is 56.7 Å². The van der Waals surface area contributed by atoms with Gasteiger partial charge in [-0.25, -0.2) is 0 Å². The van der Waals surface area contributed by atoms with Crippen molar-refractivity contribution in [2.45, 2.75) is 40.0 Å². The molecule has 2 heterocycles. The predicted molar refractivity (Wildman–Crippen MR) is 144 cm³/mol. The number of piperazine rings is 1. The van der Waals surface area contributed by atoms with E-state index in [1.54, 1.807) is 0 Å². The fourth-order valence-corrected chi connectivity index (χ4v) is 4.72. The van der Waals surface area contributed by atoms with Gasteiger partial charge in [-0.15, -0.1) is 24.0 Å². The highest BCUT2D eigenvalue weighted by molar-refractivity contribution is 14.0. The first-order valence-electron chi connectivity index (χ1n) is 11.8. The van der Waals surface area contributed by atoms with E-state index in [4.69, 9.17) is 10.7 Å². The lowest BCUT2D eigenvalue weighted by atomic mass is 9.95. The number of guanidine groups is 1. The van der Waals surface area contributed by atoms with Gasteiger partial charge in [-0.3, -0.25) is 14.7 Å². The van der Waals surface area contributed by atoms with Gasteiger partial charge >= 0.3 is 0 Å². The van der Waals surface area contributed by atoms with E-state index >= 15 is 0 Å². The lowest BCUT2D eigenvalue weighted by Gasteiger charge is -2.37. The molecule has 180 valence electrons. The van der Waals surface area contributed by atoms with Crippen LogP contribution in [0.4, 0.5) is 5.69 Å². The van der Waals surface area contributed by atoms with Crippen LogP contribution >= 0.6 is 24.0 Å². The average Bonchev–Trinajstić information content (AvgIpc) is 2.75. The first kappa shape index (κ1) is 26.7. The third kappa shape index (κ3) is 7.50. The molecule has 8 heteroatoms. The van der Waals surface area contributed by atoms with Gasteiger partial charge in [0.15, 0.2) is 5.96 Å². The van der Waals surface area contributed by atoms with Gasteiger partial charge in [0.1, 0.15) is 0 Å². The van der Waals surface area contributed by atoms with Crippen LogP contribution in [-0.2, 0) is 4.79 Å². The predicted octanol–water partition coefficient (Wildman–Crippen LogP) is 2.60. The van der Waals surface area contributed by atoms with Crippen molar-refractivity contribution in [3.8, 4) is 0 Å². The zero-order chi connectivity index (χ0) is 22.2. The maximum absolute atomic E-state index is 11.3. The van der Waals surface area contributed by atoms with Crippen LogP contribution in [0.2, 0.25) is 0 Å². The number of aliphatic imine (C=N–C) groups is 1. The molecular weight excluding hydrogens is 515 g/mol. The van der Waals surface area contributed by atoms with Crippen LogP contribution in [0.5, 0.6) is 0 Å². The Morgan fingerprint density at radius 3 is 2.62 bits per heavy atom. The molecule has 1 atom stereocenters. The normalized spacial score (nSPS) is 20.1. The molecule has 3 rings (SSSR count). The van der Waals surface area contributed by atoms with Gasteiger partial charge in [0.05, 0.1) is 6.54 Å². The molecule has 2 aliphatic heterocycles. The molecule has 7 nitrogen and oxygen atoms in total. The number of anilines is 1. The monoisotopic (exact) mass is 556 g/mol. The molecule has 0 saturated carbocycles. The van der Waals surface area contributed by atoms with Crippen molar-refractivity contribution in [1.82, 2.24) is 15.1 Å². The Balaban J connectivity index is 0.00000363. The smallest absolute Gasteiger partial charge is 0.217 e. The third-order valence-corrected chi connectivity index (χ3v) is 6.61. The van der Waals surface area contributed by atoms with Crippen molar-refractivity contribution in [2.24, 2.45) is 16.6 Å². The molecule has 2 fully saturated rings. The zero-order valence-electron chi connectivity index (χ0n) is 20.0. The van der Waals surface area contributed by atoms with Crippen molar-refractivity contribution >= 4 is 41.5 Å². The second kappa shape index (κ2) is 13.2. The molecular formula is C24H41IN6O. The number of nitrogens with zero attached hydrogens (tertiary/aromatic N) is 4. The second-order valence-corrected chi connectivity index (χ2v) is 8.91. The molecule has 1 unspecified atom stereocenters. The molecule has 1 amide bonds. The van der Waals surface area contributed by atoms with Gasteiger partial charge < -0.3 is 20.9 Å². The van der Waals surface area contributed by atoms with Gasteiger partial charge in [-0.2, -0.15) is 0 Å². The summed E-state index contributed by atoms with van der Waals surface area (Å²) in [4.78, 5) is 23.6. The number of nitrogens with two attached hydrogens (primary N) is 1. The molecule has 0 aromatic heterocycles. The summed E-state index contributed by atoms with van der Waals surface area (Å²) in [7, 11) is 0. The maximum Gasteiger partial charge on any atom is 0.217 e. The fraction of sp³-hybridized carbons (Fsp3) is 0.667. The van der Waals surface area contributed by atoms with Crippen molar-refractivity contribution in [3.05, 3.63) is 29.3 Å². The number of likely N-dealkylation sites (tertiary alicyclic amines) is 1. The molecule has 2 aliphatic rings. The van der Waals surface area contributed by atoms with Crippen LogP contribution in [0.25, 0.3) is 0 Å². The Morgan fingerprint density at radius 2 is 1.94 bits per heavy atom. The van der Waals surface area contributed by atoms with Gasteiger partial charge in [0.2, 0.25) is 5.91 Å². The van der Waals surface area contributed by atoms with Crippen LogP contribution in [0, 0.1) is 19.8 Å². The van der Waals surface area contributed by atoms with Crippen molar-refractivity contribution in [2.75, 3.05) is 63.8 Å². The third-order valence-electron chi connectivity index (χ3n) is 6.61. The number of nitrogens with one attached hydrogen (secondary N) is 1. The Hall–Kier alpha value is -1.55. The summed E-state index contributed by atoms with van der Waals surface area (Å²) in [5.74, 6) is 1.12. The van der Waals surface area contributed by atoms with Crippen molar-refractivity contribution in [1.29, 1.82) is 0 Å². The molecule has 32 heavy (non-hydrogen) atoms. The summed E-state index contributed by atoms with van der Waals surface area (Å²) in [6, 6.07) is 6.60. The molecule has 0 spiro atoms. The number of piperidine rings is 1. The van der Waals surface area contributed by atoms with Gasteiger partial charge in [0.25, 0.3) is 0 Å². The number of primary amides is 1. The summed E-state index contributed by atoms with van der Waals surface area (Å²) in [6.45, 7) is 15.3. The minimum Gasteiger partial charge on any atom is -0.370 e. The average molecular weight is 557 g/mol. The number of halogens is 1. The number of hydrogen-bond donors (Lipinski definition) is 2. The van der Waals surface area contributed by atoms with Crippen LogP contribution in [-0.4, -0.2) is 80.6 Å². The highest BCUT2D eigenvalue weighted by Gasteiger charge is 2.24. The lowest BCUT2D eigenvalue weighted by molar-refractivity contribution is -0.119. The highest BCUT2D eigenvalue weighted by Crippen LogP contribution is 2.24. The Bertz CT molecular complexity index is 763. The summed E-state index contributed by atoms with van der Waals surface area (Å²) < 4.78 is 0. The number of amides is 1. The Kier molecular flexibility index (Phi) is 11.0. The summed E-state index contributed by atoms with van der Waals surface area (Å²) in [6.07, 6.45) is 2.63. The van der Waals surface area contributed by atoms with Crippen molar-refractivity contribution in [3.63, 3.8) is 0 Å². The van der Waals surface area contributed by atoms with E-state index in [1.807, 2.05) is 0 Å². The number of hydrogen-bond acceptors (Lipinski definition) is 4. The van der Waals surface area contributed by atoms with Crippen molar-refractivity contribution < 1.29 is 4.79 Å². The largest absolute Gasteiger partial charge is 0.370 e. The molecule has 3 N–H and O–H groups in total. The van der Waals surface area contributed by atoms with Crippen LogP contribution < -0.4 is 16.0 Å². The molecule has 1 aromatic rings. The molecule has 2 saturated heterocycles. The SMILES string of the molecule is CCNC(=NCCN1CCN(c2cccc(C)c2C)CC1)N1CCCC(CC(N)=O)C1.I. The zero-order valence-corrected chi connectivity index (χ0v) is 22.3. The first-order valence-corrected chi connectivity index (χ1v) is 11.8. The van der Waals surface area contributed by atoms with E-state index < -0.39 is 0 Å². The van der Waals surface area contributed by atoms with Gasteiger partial charge in [0, 0.05) is 64.5 Å². The molecule has 1 aromatic carbocycles. The lowest BCUT2D eigenvalue weighted by Crippen LogP contribution is -2.48. The maximum atomic E-state index is 11.3. The first-order chi connectivity index (χ1) is 15.0. The number of rotatable bonds is 7. The highest BCUT2D eigenvalue weighted by atomic mass is 127. The number of aryl methyl sites for hydroxylation is 1. The van der Waals surface area contributed by atoms with Crippen LogP contribution in [0.15, 0.2) is 23.2 Å². The quantitative estimate of drug-likeness (QED) is 0.307. The minimum absolute atomic E-state index is 0. The van der Waals surface area contributed by atoms with E-state index in [9.17, 15) is 4.79 Å².